The molecule has 0 aliphatic carbocycles. The second-order valence-corrected chi connectivity index (χ2v) is 3.13. The molecule has 0 radical (unpaired) electrons. The third-order valence-corrected chi connectivity index (χ3v) is 1.82. The molecule has 3 nitrogen and oxygen atoms in total. The van der Waals surface area contributed by atoms with Gasteiger partial charge in [0, 0.05) is 19.2 Å². The summed E-state index contributed by atoms with van der Waals surface area (Å²) < 4.78 is 30.8. The van der Waals surface area contributed by atoms with Crippen molar-refractivity contribution in [3.05, 3.63) is 23.9 Å². The summed E-state index contributed by atoms with van der Waals surface area (Å²) in [6.07, 6.45) is 0.928. The van der Waals surface area contributed by atoms with Crippen LogP contribution in [0.15, 0.2) is 12.3 Å². The molecule has 0 saturated heterocycles. The van der Waals surface area contributed by atoms with Crippen molar-refractivity contribution in [1.29, 1.82) is 0 Å². The van der Waals surface area contributed by atoms with Crippen molar-refractivity contribution in [1.82, 2.24) is 4.98 Å². The van der Waals surface area contributed by atoms with Crippen molar-refractivity contribution in [2.24, 2.45) is 0 Å². The van der Waals surface area contributed by atoms with E-state index < -0.39 is 11.6 Å². The molecule has 0 saturated carbocycles. The number of aromatic nitrogens is 1. The number of nitrogens with zero attached hydrogens (tertiary/aromatic N) is 1. The van der Waals surface area contributed by atoms with E-state index in [2.05, 4.69) is 10.3 Å². The predicted octanol–water partition coefficient (Wildman–Crippen LogP) is 2.20. The van der Waals surface area contributed by atoms with Crippen molar-refractivity contribution in [3.8, 4) is 0 Å². The first-order chi connectivity index (χ1) is 7.13. The molecule has 0 bridgehead atoms. The smallest absolute Gasteiger partial charge is 0.168 e. The Morgan fingerprint density at radius 3 is 2.87 bits per heavy atom. The fourth-order valence-corrected chi connectivity index (χ4v) is 1.13. The Labute approximate surface area is 87.5 Å². The molecule has 5 heteroatoms. The van der Waals surface area contributed by atoms with E-state index in [0.717, 1.165) is 12.3 Å². The second-order valence-electron chi connectivity index (χ2n) is 3.13. The van der Waals surface area contributed by atoms with Gasteiger partial charge in [-0.3, -0.25) is 0 Å². The van der Waals surface area contributed by atoms with Crippen LogP contribution in [0.4, 0.5) is 14.6 Å². The van der Waals surface area contributed by atoms with Crippen molar-refractivity contribution >= 4 is 5.82 Å². The van der Waals surface area contributed by atoms with Crippen LogP contribution in [0.2, 0.25) is 0 Å². The minimum Gasteiger partial charge on any atom is -0.377 e. The van der Waals surface area contributed by atoms with Crippen molar-refractivity contribution in [2.75, 3.05) is 18.5 Å². The van der Waals surface area contributed by atoms with Crippen LogP contribution in [0.1, 0.15) is 13.8 Å². The fourth-order valence-electron chi connectivity index (χ4n) is 1.13. The highest BCUT2D eigenvalue weighted by molar-refractivity contribution is 5.35. The van der Waals surface area contributed by atoms with Crippen LogP contribution >= 0.6 is 0 Å². The molecule has 0 fully saturated rings. The number of anilines is 1. The van der Waals surface area contributed by atoms with E-state index >= 15 is 0 Å². The number of rotatable bonds is 5. The number of pyridine rings is 1. The van der Waals surface area contributed by atoms with Crippen molar-refractivity contribution in [2.45, 2.75) is 20.0 Å². The quantitative estimate of drug-likeness (QED) is 0.819. The molecule has 0 aromatic carbocycles. The van der Waals surface area contributed by atoms with Gasteiger partial charge in [-0.05, 0) is 13.8 Å². The van der Waals surface area contributed by atoms with Gasteiger partial charge in [0.2, 0.25) is 0 Å². The zero-order chi connectivity index (χ0) is 11.3. The lowest BCUT2D eigenvalue weighted by atomic mass is 10.3. The minimum absolute atomic E-state index is 0.0405. The highest BCUT2D eigenvalue weighted by atomic mass is 19.1. The highest BCUT2D eigenvalue weighted by Crippen LogP contribution is 2.11. The summed E-state index contributed by atoms with van der Waals surface area (Å²) in [5.41, 5.74) is 0. The third kappa shape index (κ3) is 3.79. The van der Waals surface area contributed by atoms with Crippen LogP contribution in [0.25, 0.3) is 0 Å². The van der Waals surface area contributed by atoms with Gasteiger partial charge >= 0.3 is 0 Å². The average Bonchev–Trinajstić information content (AvgIpc) is 2.17. The van der Waals surface area contributed by atoms with E-state index in [9.17, 15) is 8.78 Å². The standard InChI is InChI=1S/C10H14F2N2O/c1-3-15-7(2)5-13-10-9(12)4-8(11)6-14-10/h4,6-7H,3,5H2,1-2H3,(H,13,14). The Morgan fingerprint density at radius 2 is 2.27 bits per heavy atom. The van der Waals surface area contributed by atoms with Gasteiger partial charge < -0.3 is 10.1 Å². The molecule has 1 rings (SSSR count). The highest BCUT2D eigenvalue weighted by Gasteiger charge is 2.06. The molecular formula is C10H14F2N2O. The maximum absolute atomic E-state index is 13.1. The molecule has 1 aromatic heterocycles. The second kappa shape index (κ2) is 5.60. The maximum atomic E-state index is 13.1. The molecule has 0 amide bonds. The van der Waals surface area contributed by atoms with Gasteiger partial charge in [-0.15, -0.1) is 0 Å². The van der Waals surface area contributed by atoms with Gasteiger partial charge in [-0.25, -0.2) is 13.8 Å². The molecule has 15 heavy (non-hydrogen) atoms. The number of ether oxygens (including phenoxy) is 1. The van der Waals surface area contributed by atoms with Gasteiger partial charge in [0.05, 0.1) is 12.3 Å². The summed E-state index contributed by atoms with van der Waals surface area (Å²) in [6, 6.07) is 0.792. The average molecular weight is 216 g/mol. The number of nitrogens with one attached hydrogen (secondary N) is 1. The Morgan fingerprint density at radius 1 is 1.53 bits per heavy atom. The largest absolute Gasteiger partial charge is 0.377 e. The molecule has 1 heterocycles. The van der Waals surface area contributed by atoms with Crippen LogP contribution in [-0.2, 0) is 4.74 Å². The summed E-state index contributed by atoms with van der Waals surface area (Å²) in [6.45, 7) is 4.77. The first-order valence-electron chi connectivity index (χ1n) is 4.80. The Bertz CT molecular complexity index is 320. The van der Waals surface area contributed by atoms with E-state index in [1.54, 1.807) is 0 Å². The van der Waals surface area contributed by atoms with Gasteiger partial charge in [-0.1, -0.05) is 0 Å². The fraction of sp³-hybridized carbons (Fsp3) is 0.500. The molecule has 1 unspecified atom stereocenters. The molecular weight excluding hydrogens is 202 g/mol. The summed E-state index contributed by atoms with van der Waals surface area (Å²) in [4.78, 5) is 3.59. The normalized spacial score (nSPS) is 12.5. The summed E-state index contributed by atoms with van der Waals surface area (Å²) in [7, 11) is 0. The lowest BCUT2D eigenvalue weighted by Crippen LogP contribution is -2.20. The summed E-state index contributed by atoms with van der Waals surface area (Å²) >= 11 is 0. The summed E-state index contributed by atoms with van der Waals surface area (Å²) in [5, 5.41) is 2.75. The SMILES string of the molecule is CCOC(C)CNc1ncc(F)cc1F. The van der Waals surface area contributed by atoms with Gasteiger partial charge in [0.1, 0.15) is 5.82 Å². The first-order valence-corrected chi connectivity index (χ1v) is 4.80. The number of hydrogen-bond donors (Lipinski definition) is 1. The van der Waals surface area contributed by atoms with E-state index in [1.807, 2.05) is 13.8 Å². The predicted molar refractivity (Wildman–Crippen MR) is 53.7 cm³/mol. The van der Waals surface area contributed by atoms with Crippen LogP contribution in [-0.4, -0.2) is 24.2 Å². The van der Waals surface area contributed by atoms with Gasteiger partial charge in [0.25, 0.3) is 0 Å². The maximum Gasteiger partial charge on any atom is 0.168 e. The molecule has 1 atom stereocenters. The molecule has 1 N–H and O–H groups in total. The topological polar surface area (TPSA) is 34.1 Å². The van der Waals surface area contributed by atoms with E-state index in [1.165, 1.54) is 0 Å². The van der Waals surface area contributed by atoms with E-state index in [-0.39, 0.29) is 11.9 Å². The lowest BCUT2D eigenvalue weighted by molar-refractivity contribution is 0.0854. The number of halogens is 2. The van der Waals surface area contributed by atoms with E-state index in [0.29, 0.717) is 13.2 Å². The van der Waals surface area contributed by atoms with Crippen molar-refractivity contribution < 1.29 is 13.5 Å². The molecule has 0 aliphatic heterocycles. The van der Waals surface area contributed by atoms with Crippen LogP contribution < -0.4 is 5.32 Å². The van der Waals surface area contributed by atoms with Crippen molar-refractivity contribution in [3.63, 3.8) is 0 Å². The van der Waals surface area contributed by atoms with Gasteiger partial charge in [0.15, 0.2) is 11.6 Å². The van der Waals surface area contributed by atoms with Crippen LogP contribution in [0.3, 0.4) is 0 Å². The number of hydrogen-bond acceptors (Lipinski definition) is 3. The van der Waals surface area contributed by atoms with Crippen LogP contribution in [0, 0.1) is 11.6 Å². The zero-order valence-corrected chi connectivity index (χ0v) is 8.76. The lowest BCUT2D eigenvalue weighted by Gasteiger charge is -2.13. The minimum atomic E-state index is -0.696. The molecule has 0 spiro atoms. The Kier molecular flexibility index (Phi) is 4.42. The molecule has 1 aromatic rings. The Balaban J connectivity index is 2.50. The van der Waals surface area contributed by atoms with Crippen LogP contribution in [0.5, 0.6) is 0 Å². The first kappa shape index (κ1) is 11.8. The van der Waals surface area contributed by atoms with E-state index in [4.69, 9.17) is 4.74 Å². The van der Waals surface area contributed by atoms with Gasteiger partial charge in [-0.2, -0.15) is 0 Å². The molecule has 84 valence electrons. The Hall–Kier alpha value is -1.23. The summed E-state index contributed by atoms with van der Waals surface area (Å²) in [5.74, 6) is -1.34. The molecule has 0 aliphatic rings. The zero-order valence-electron chi connectivity index (χ0n) is 8.76. The third-order valence-electron chi connectivity index (χ3n) is 1.82. The monoisotopic (exact) mass is 216 g/mol.